The SMILES string of the molecule is CC(C)OCCC[S@](=O)c1ccc2c(c1)CCC2. The van der Waals surface area contributed by atoms with Crippen LogP contribution in [0.2, 0.25) is 0 Å². The molecule has 0 amide bonds. The first-order chi connectivity index (χ1) is 8.66. The lowest BCUT2D eigenvalue weighted by Gasteiger charge is -2.08. The van der Waals surface area contributed by atoms with E-state index in [9.17, 15) is 4.21 Å². The van der Waals surface area contributed by atoms with Gasteiger partial charge in [0.05, 0.1) is 16.9 Å². The molecule has 100 valence electrons. The van der Waals surface area contributed by atoms with Crippen LogP contribution in [0.15, 0.2) is 23.1 Å². The monoisotopic (exact) mass is 266 g/mol. The third-order valence-corrected chi connectivity index (χ3v) is 4.70. The van der Waals surface area contributed by atoms with Gasteiger partial charge in [0.1, 0.15) is 0 Å². The topological polar surface area (TPSA) is 26.3 Å². The number of hydrogen-bond acceptors (Lipinski definition) is 2. The van der Waals surface area contributed by atoms with Crippen LogP contribution in [0.1, 0.15) is 37.8 Å². The summed E-state index contributed by atoms with van der Waals surface area (Å²) in [6.07, 6.45) is 4.70. The van der Waals surface area contributed by atoms with Gasteiger partial charge in [0, 0.05) is 17.3 Å². The van der Waals surface area contributed by atoms with Crippen LogP contribution < -0.4 is 0 Å². The van der Waals surface area contributed by atoms with Gasteiger partial charge in [-0.05, 0) is 62.8 Å². The Morgan fingerprint density at radius 3 is 2.83 bits per heavy atom. The van der Waals surface area contributed by atoms with Crippen molar-refractivity contribution in [2.75, 3.05) is 12.4 Å². The Morgan fingerprint density at radius 1 is 1.28 bits per heavy atom. The van der Waals surface area contributed by atoms with Gasteiger partial charge in [0.15, 0.2) is 0 Å². The second-order valence-electron chi connectivity index (χ2n) is 5.11. The highest BCUT2D eigenvalue weighted by Gasteiger charge is 2.13. The van der Waals surface area contributed by atoms with E-state index in [1.807, 2.05) is 19.9 Å². The molecule has 0 N–H and O–H groups in total. The smallest absolute Gasteiger partial charge is 0.0530 e. The molecule has 0 fully saturated rings. The predicted molar refractivity (Wildman–Crippen MR) is 75.4 cm³/mol. The van der Waals surface area contributed by atoms with Crippen molar-refractivity contribution in [2.45, 2.75) is 50.5 Å². The van der Waals surface area contributed by atoms with E-state index >= 15 is 0 Å². The number of hydrogen-bond donors (Lipinski definition) is 0. The van der Waals surface area contributed by atoms with Crippen LogP contribution in [-0.2, 0) is 28.4 Å². The number of rotatable bonds is 6. The summed E-state index contributed by atoms with van der Waals surface area (Å²) in [6, 6.07) is 6.32. The minimum atomic E-state index is -0.870. The molecule has 2 nitrogen and oxygen atoms in total. The average Bonchev–Trinajstić information content (AvgIpc) is 2.81. The molecule has 0 saturated heterocycles. The molecule has 3 heteroatoms. The summed E-state index contributed by atoms with van der Waals surface area (Å²) in [7, 11) is -0.870. The molecule has 1 atom stereocenters. The lowest BCUT2D eigenvalue weighted by Crippen LogP contribution is -2.07. The van der Waals surface area contributed by atoms with Gasteiger partial charge in [-0.15, -0.1) is 0 Å². The Labute approximate surface area is 112 Å². The Balaban J connectivity index is 1.85. The first-order valence-electron chi connectivity index (χ1n) is 6.78. The number of ether oxygens (including phenoxy) is 1. The second-order valence-corrected chi connectivity index (χ2v) is 6.68. The van der Waals surface area contributed by atoms with Crippen molar-refractivity contribution >= 4 is 10.8 Å². The molecule has 0 unspecified atom stereocenters. The molecule has 0 bridgehead atoms. The van der Waals surface area contributed by atoms with E-state index in [0.29, 0.717) is 12.4 Å². The Bertz CT molecular complexity index is 427. The average molecular weight is 266 g/mol. The minimum absolute atomic E-state index is 0.262. The van der Waals surface area contributed by atoms with E-state index in [4.69, 9.17) is 4.74 Å². The van der Waals surface area contributed by atoms with E-state index < -0.39 is 10.8 Å². The first kappa shape index (κ1) is 13.8. The molecule has 0 radical (unpaired) electrons. The van der Waals surface area contributed by atoms with Gasteiger partial charge < -0.3 is 4.74 Å². The fourth-order valence-electron chi connectivity index (χ4n) is 2.32. The van der Waals surface area contributed by atoms with Crippen LogP contribution in [0.25, 0.3) is 0 Å². The Hall–Kier alpha value is -0.670. The largest absolute Gasteiger partial charge is 0.379 e. The van der Waals surface area contributed by atoms with E-state index in [2.05, 4.69) is 12.1 Å². The van der Waals surface area contributed by atoms with Gasteiger partial charge in [-0.3, -0.25) is 4.21 Å². The van der Waals surface area contributed by atoms with Crippen LogP contribution in [0, 0.1) is 0 Å². The molecule has 0 aliphatic heterocycles. The highest BCUT2D eigenvalue weighted by atomic mass is 32.2. The quantitative estimate of drug-likeness (QED) is 0.740. The van der Waals surface area contributed by atoms with Gasteiger partial charge in [0.25, 0.3) is 0 Å². The molecule has 1 aliphatic carbocycles. The summed E-state index contributed by atoms with van der Waals surface area (Å²) >= 11 is 0. The summed E-state index contributed by atoms with van der Waals surface area (Å²) < 4.78 is 17.6. The van der Waals surface area contributed by atoms with Gasteiger partial charge in [-0.1, -0.05) is 6.07 Å². The lowest BCUT2D eigenvalue weighted by molar-refractivity contribution is 0.0798. The zero-order chi connectivity index (χ0) is 13.0. The highest BCUT2D eigenvalue weighted by molar-refractivity contribution is 7.85. The summed E-state index contributed by atoms with van der Waals surface area (Å²) in [5, 5.41) is 0. The van der Waals surface area contributed by atoms with Crippen LogP contribution >= 0.6 is 0 Å². The number of aryl methyl sites for hydroxylation is 2. The molecular weight excluding hydrogens is 244 g/mol. The Morgan fingerprint density at radius 2 is 2.06 bits per heavy atom. The van der Waals surface area contributed by atoms with Crippen LogP contribution in [0.5, 0.6) is 0 Å². The fourth-order valence-corrected chi connectivity index (χ4v) is 3.43. The Kier molecular flexibility index (Phi) is 4.95. The summed E-state index contributed by atoms with van der Waals surface area (Å²) in [5.74, 6) is 0.700. The molecule has 1 aliphatic rings. The maximum absolute atomic E-state index is 12.1. The van der Waals surface area contributed by atoms with Crippen molar-refractivity contribution in [3.05, 3.63) is 29.3 Å². The molecule has 18 heavy (non-hydrogen) atoms. The van der Waals surface area contributed by atoms with E-state index in [1.165, 1.54) is 24.0 Å². The third kappa shape index (κ3) is 3.66. The molecular formula is C15H22O2S. The van der Waals surface area contributed by atoms with Gasteiger partial charge in [-0.2, -0.15) is 0 Å². The molecule has 0 heterocycles. The van der Waals surface area contributed by atoms with Crippen LogP contribution in [0.3, 0.4) is 0 Å². The van der Waals surface area contributed by atoms with Crippen molar-refractivity contribution in [2.24, 2.45) is 0 Å². The molecule has 0 saturated carbocycles. The summed E-state index contributed by atoms with van der Waals surface area (Å²) in [4.78, 5) is 0.986. The summed E-state index contributed by atoms with van der Waals surface area (Å²) in [5.41, 5.74) is 2.85. The highest BCUT2D eigenvalue weighted by Crippen LogP contribution is 2.24. The van der Waals surface area contributed by atoms with Crippen molar-refractivity contribution in [1.82, 2.24) is 0 Å². The van der Waals surface area contributed by atoms with Gasteiger partial charge in [-0.25, -0.2) is 0 Å². The fraction of sp³-hybridized carbons (Fsp3) is 0.600. The maximum Gasteiger partial charge on any atom is 0.0530 e. The normalized spacial score (nSPS) is 15.9. The van der Waals surface area contributed by atoms with Crippen molar-refractivity contribution < 1.29 is 8.95 Å². The second kappa shape index (κ2) is 6.48. The lowest BCUT2D eigenvalue weighted by atomic mass is 10.1. The zero-order valence-electron chi connectivity index (χ0n) is 11.3. The maximum atomic E-state index is 12.1. The molecule has 0 spiro atoms. The van der Waals surface area contributed by atoms with Gasteiger partial charge >= 0.3 is 0 Å². The van der Waals surface area contributed by atoms with E-state index in [1.54, 1.807) is 0 Å². The third-order valence-electron chi connectivity index (χ3n) is 3.26. The van der Waals surface area contributed by atoms with E-state index in [-0.39, 0.29) is 6.10 Å². The molecule has 2 rings (SSSR count). The van der Waals surface area contributed by atoms with Gasteiger partial charge in [0.2, 0.25) is 0 Å². The zero-order valence-corrected chi connectivity index (χ0v) is 12.1. The first-order valence-corrected chi connectivity index (χ1v) is 8.10. The number of benzene rings is 1. The standard InChI is InChI=1S/C15H22O2S/c1-12(2)17-9-4-10-18(16)15-8-7-13-5-3-6-14(13)11-15/h7-8,11-12H,3-6,9-10H2,1-2H3/t18-/m0/s1. The van der Waals surface area contributed by atoms with Crippen molar-refractivity contribution in [1.29, 1.82) is 0 Å². The van der Waals surface area contributed by atoms with Crippen LogP contribution in [0.4, 0.5) is 0 Å². The summed E-state index contributed by atoms with van der Waals surface area (Å²) in [6.45, 7) is 4.75. The minimum Gasteiger partial charge on any atom is -0.379 e. The molecule has 0 aromatic heterocycles. The van der Waals surface area contributed by atoms with E-state index in [0.717, 1.165) is 17.7 Å². The molecule has 1 aromatic carbocycles. The molecule has 1 aromatic rings. The van der Waals surface area contributed by atoms with Crippen molar-refractivity contribution in [3.63, 3.8) is 0 Å². The van der Waals surface area contributed by atoms with Crippen LogP contribution in [-0.4, -0.2) is 22.7 Å². The van der Waals surface area contributed by atoms with Crippen molar-refractivity contribution in [3.8, 4) is 0 Å². The number of fused-ring (bicyclic) bond motifs is 1. The predicted octanol–water partition coefficient (Wildman–Crippen LogP) is 3.10.